The molecule has 2 aromatic rings. The molecule has 0 unspecified atom stereocenters. The molecular weight excluding hydrogens is 252 g/mol. The molecular formula is C11H12N4O4. The number of nitrogens with one attached hydrogen (secondary N) is 2. The van der Waals surface area contributed by atoms with Gasteiger partial charge in [-0.1, -0.05) is 5.16 Å². The van der Waals surface area contributed by atoms with Crippen LogP contribution in [-0.2, 0) is 11.2 Å². The van der Waals surface area contributed by atoms with Gasteiger partial charge in [0.15, 0.2) is 0 Å². The average Bonchev–Trinajstić information content (AvgIpc) is 2.99. The van der Waals surface area contributed by atoms with E-state index in [1.807, 2.05) is 0 Å². The van der Waals surface area contributed by atoms with E-state index in [1.165, 1.54) is 18.6 Å². The van der Waals surface area contributed by atoms with Gasteiger partial charge in [0.25, 0.3) is 5.91 Å². The summed E-state index contributed by atoms with van der Waals surface area (Å²) in [5, 5.41) is 15.0. The molecule has 0 aliphatic rings. The molecule has 0 saturated carbocycles. The number of aliphatic carboxylic acids is 1. The zero-order valence-corrected chi connectivity index (χ0v) is 10.1. The molecule has 0 fully saturated rings. The summed E-state index contributed by atoms with van der Waals surface area (Å²) in [5.74, 6) is -1.78. The molecule has 19 heavy (non-hydrogen) atoms. The first-order valence-electron chi connectivity index (χ1n) is 5.50. The normalized spacial score (nSPS) is 12.1. The Labute approximate surface area is 107 Å². The number of carbonyl (C=O) groups excluding carboxylic acids is 1. The second-order valence-electron chi connectivity index (χ2n) is 3.98. The quantitative estimate of drug-likeness (QED) is 0.705. The van der Waals surface area contributed by atoms with E-state index in [0.29, 0.717) is 11.4 Å². The fraction of sp³-hybridized carbons (Fsp3) is 0.273. The Morgan fingerprint density at radius 1 is 1.58 bits per heavy atom. The SMILES string of the molecule is Cc1cc(C(=O)N[C@@H](Cc2cnc[nH]2)C(=O)O)on1. The summed E-state index contributed by atoms with van der Waals surface area (Å²) in [6.07, 6.45) is 3.05. The van der Waals surface area contributed by atoms with Gasteiger partial charge in [-0.25, -0.2) is 9.78 Å². The lowest BCUT2D eigenvalue weighted by Crippen LogP contribution is -2.42. The van der Waals surface area contributed by atoms with E-state index in [-0.39, 0.29) is 12.2 Å². The molecule has 0 aliphatic heterocycles. The smallest absolute Gasteiger partial charge is 0.326 e. The summed E-state index contributed by atoms with van der Waals surface area (Å²) >= 11 is 0. The number of aryl methyl sites for hydroxylation is 1. The topological polar surface area (TPSA) is 121 Å². The molecule has 0 aromatic carbocycles. The standard InChI is InChI=1S/C11H12N4O4/c1-6-2-9(19-15-6)10(16)14-8(11(17)18)3-7-4-12-5-13-7/h2,4-5,8H,3H2,1H3,(H,12,13)(H,14,16)(H,17,18)/t8-/m0/s1. The van der Waals surface area contributed by atoms with Gasteiger partial charge in [0.2, 0.25) is 5.76 Å². The van der Waals surface area contributed by atoms with Crippen LogP contribution in [0, 0.1) is 6.92 Å². The predicted octanol–water partition coefficient (Wildman–Crippen LogP) is 0.132. The van der Waals surface area contributed by atoms with Gasteiger partial charge >= 0.3 is 5.97 Å². The van der Waals surface area contributed by atoms with Gasteiger partial charge in [-0.3, -0.25) is 4.79 Å². The third kappa shape index (κ3) is 3.18. The summed E-state index contributed by atoms with van der Waals surface area (Å²) in [5.41, 5.74) is 1.16. The van der Waals surface area contributed by atoms with Crippen molar-refractivity contribution in [3.63, 3.8) is 0 Å². The zero-order valence-electron chi connectivity index (χ0n) is 10.1. The fourth-order valence-corrected chi connectivity index (χ4v) is 1.52. The van der Waals surface area contributed by atoms with Crippen LogP contribution in [0.1, 0.15) is 21.9 Å². The van der Waals surface area contributed by atoms with Crippen molar-refractivity contribution in [2.75, 3.05) is 0 Å². The van der Waals surface area contributed by atoms with Crippen molar-refractivity contribution in [1.29, 1.82) is 0 Å². The maximum absolute atomic E-state index is 11.8. The van der Waals surface area contributed by atoms with Crippen molar-refractivity contribution in [2.24, 2.45) is 0 Å². The van der Waals surface area contributed by atoms with Crippen LogP contribution in [0.3, 0.4) is 0 Å². The van der Waals surface area contributed by atoms with Gasteiger partial charge in [-0.05, 0) is 6.92 Å². The Hall–Kier alpha value is -2.64. The lowest BCUT2D eigenvalue weighted by atomic mass is 10.1. The van der Waals surface area contributed by atoms with Crippen LogP contribution in [0.25, 0.3) is 0 Å². The molecule has 100 valence electrons. The third-order valence-corrected chi connectivity index (χ3v) is 2.43. The molecule has 0 aliphatic carbocycles. The number of nitrogens with zero attached hydrogens (tertiary/aromatic N) is 2. The number of carboxylic acids is 1. The van der Waals surface area contributed by atoms with Crippen LogP contribution < -0.4 is 5.32 Å². The van der Waals surface area contributed by atoms with E-state index >= 15 is 0 Å². The van der Waals surface area contributed by atoms with Gasteiger partial charge in [-0.2, -0.15) is 0 Å². The second kappa shape index (κ2) is 5.34. The Kier molecular flexibility index (Phi) is 3.60. The Balaban J connectivity index is 2.04. The van der Waals surface area contributed by atoms with Gasteiger partial charge in [0.1, 0.15) is 6.04 Å². The van der Waals surface area contributed by atoms with Crippen molar-refractivity contribution in [3.8, 4) is 0 Å². The molecule has 0 radical (unpaired) electrons. The molecule has 0 saturated heterocycles. The maximum Gasteiger partial charge on any atom is 0.326 e. The highest BCUT2D eigenvalue weighted by atomic mass is 16.5. The molecule has 2 rings (SSSR count). The zero-order chi connectivity index (χ0) is 13.8. The minimum absolute atomic E-state index is 0.0200. The maximum atomic E-state index is 11.8. The van der Waals surface area contributed by atoms with Crippen LogP contribution >= 0.6 is 0 Å². The molecule has 1 amide bonds. The molecule has 3 N–H and O–H groups in total. The van der Waals surface area contributed by atoms with Crippen LogP contribution in [0.2, 0.25) is 0 Å². The average molecular weight is 264 g/mol. The number of aromatic amines is 1. The lowest BCUT2D eigenvalue weighted by Gasteiger charge is -2.12. The number of amides is 1. The van der Waals surface area contributed by atoms with Gasteiger partial charge in [0, 0.05) is 24.4 Å². The highest BCUT2D eigenvalue weighted by Gasteiger charge is 2.23. The Bertz CT molecular complexity index is 575. The summed E-state index contributed by atoms with van der Waals surface area (Å²) in [6.45, 7) is 1.67. The molecule has 8 nitrogen and oxygen atoms in total. The van der Waals surface area contributed by atoms with Gasteiger partial charge < -0.3 is 19.9 Å². The highest BCUT2D eigenvalue weighted by Crippen LogP contribution is 2.04. The number of aromatic nitrogens is 3. The number of rotatable bonds is 5. The van der Waals surface area contributed by atoms with Crippen LogP contribution in [0.15, 0.2) is 23.1 Å². The molecule has 0 bridgehead atoms. The highest BCUT2D eigenvalue weighted by molar-refractivity contribution is 5.94. The molecule has 1 atom stereocenters. The van der Waals surface area contributed by atoms with Crippen molar-refractivity contribution >= 4 is 11.9 Å². The number of hydrogen-bond donors (Lipinski definition) is 3. The Morgan fingerprint density at radius 3 is 2.89 bits per heavy atom. The van der Waals surface area contributed by atoms with Crippen LogP contribution in [0.5, 0.6) is 0 Å². The molecule has 0 spiro atoms. The van der Waals surface area contributed by atoms with Crippen molar-refractivity contribution in [1.82, 2.24) is 20.4 Å². The first-order chi connectivity index (χ1) is 9.06. The van der Waals surface area contributed by atoms with Crippen LogP contribution in [0.4, 0.5) is 0 Å². The predicted molar refractivity (Wildman–Crippen MR) is 62.4 cm³/mol. The summed E-state index contributed by atoms with van der Waals surface area (Å²) in [4.78, 5) is 29.4. The lowest BCUT2D eigenvalue weighted by molar-refractivity contribution is -0.139. The van der Waals surface area contributed by atoms with Crippen molar-refractivity contribution < 1.29 is 19.2 Å². The molecule has 8 heteroatoms. The number of carboxylic acid groups (broad SMARTS) is 1. The van der Waals surface area contributed by atoms with E-state index in [1.54, 1.807) is 6.92 Å². The number of H-pyrrole nitrogens is 1. The monoisotopic (exact) mass is 264 g/mol. The van der Waals surface area contributed by atoms with Gasteiger partial charge in [-0.15, -0.1) is 0 Å². The largest absolute Gasteiger partial charge is 0.480 e. The first-order valence-corrected chi connectivity index (χ1v) is 5.50. The minimum Gasteiger partial charge on any atom is -0.480 e. The number of hydrogen-bond acceptors (Lipinski definition) is 5. The van der Waals surface area contributed by atoms with E-state index in [0.717, 1.165) is 0 Å². The minimum atomic E-state index is -1.14. The van der Waals surface area contributed by atoms with E-state index in [2.05, 4.69) is 20.4 Å². The summed E-state index contributed by atoms with van der Waals surface area (Å²) < 4.78 is 4.77. The second-order valence-corrected chi connectivity index (χ2v) is 3.98. The Morgan fingerprint density at radius 2 is 2.37 bits per heavy atom. The first kappa shape index (κ1) is 12.8. The summed E-state index contributed by atoms with van der Waals surface area (Å²) in [7, 11) is 0. The van der Waals surface area contributed by atoms with Crippen LogP contribution in [-0.4, -0.2) is 38.1 Å². The molecule has 2 heterocycles. The third-order valence-electron chi connectivity index (χ3n) is 2.43. The summed E-state index contributed by atoms with van der Waals surface area (Å²) in [6, 6.07) is 0.364. The van der Waals surface area contributed by atoms with Crippen molar-refractivity contribution in [2.45, 2.75) is 19.4 Å². The number of carbonyl (C=O) groups is 2. The van der Waals surface area contributed by atoms with E-state index in [9.17, 15) is 9.59 Å². The fourth-order valence-electron chi connectivity index (χ4n) is 1.52. The van der Waals surface area contributed by atoms with Crippen molar-refractivity contribution in [3.05, 3.63) is 35.7 Å². The van der Waals surface area contributed by atoms with Gasteiger partial charge in [0.05, 0.1) is 12.0 Å². The van der Waals surface area contributed by atoms with E-state index < -0.39 is 17.9 Å². The van der Waals surface area contributed by atoms with E-state index in [4.69, 9.17) is 9.63 Å². The molecule has 2 aromatic heterocycles. The number of imidazole rings is 1.